The average Bonchev–Trinajstić information content (AvgIpc) is 2.47. The van der Waals surface area contributed by atoms with Gasteiger partial charge >= 0.3 is 0 Å². The third-order valence-electron chi connectivity index (χ3n) is 3.23. The van der Waals surface area contributed by atoms with Crippen molar-refractivity contribution in [2.75, 3.05) is 32.1 Å². The van der Waals surface area contributed by atoms with Crippen LogP contribution in [0, 0.1) is 0 Å². The molecule has 6 heteroatoms. The minimum absolute atomic E-state index is 0.0436. The Hall–Kier alpha value is -1.92. The Bertz CT molecular complexity index is 557. The van der Waals surface area contributed by atoms with Gasteiger partial charge in [0.05, 0.1) is 6.61 Å². The number of para-hydroxylation sites is 1. The second kappa shape index (κ2) is 7.19. The molecule has 0 radical (unpaired) electrons. The minimum Gasteiger partial charge on any atom is -0.511 e. The van der Waals surface area contributed by atoms with Crippen LogP contribution in [-0.2, 0) is 9.53 Å². The molecule has 0 unspecified atom stereocenters. The van der Waals surface area contributed by atoms with Crippen molar-refractivity contribution < 1.29 is 14.6 Å². The molecule has 2 rings (SSSR count). The molecule has 0 aliphatic carbocycles. The summed E-state index contributed by atoms with van der Waals surface area (Å²) in [6, 6.07) is 9.32. The minimum atomic E-state index is -0.260. The number of hydrogen-bond donors (Lipinski definition) is 2. The van der Waals surface area contributed by atoms with E-state index < -0.39 is 0 Å². The Morgan fingerprint density at radius 2 is 2.14 bits per heavy atom. The first-order valence-electron chi connectivity index (χ1n) is 6.70. The second-order valence-electron chi connectivity index (χ2n) is 4.68. The lowest BCUT2D eigenvalue weighted by Gasteiger charge is -2.28. The molecule has 21 heavy (non-hydrogen) atoms. The van der Waals surface area contributed by atoms with Gasteiger partial charge in [-0.2, -0.15) is 0 Å². The van der Waals surface area contributed by atoms with Gasteiger partial charge in [0.1, 0.15) is 16.3 Å². The summed E-state index contributed by atoms with van der Waals surface area (Å²) in [4.78, 5) is 14.3. The Morgan fingerprint density at radius 3 is 2.81 bits per heavy atom. The van der Waals surface area contributed by atoms with Crippen molar-refractivity contribution in [2.24, 2.45) is 0 Å². The molecule has 0 bridgehead atoms. The fourth-order valence-corrected chi connectivity index (χ4v) is 2.43. The quantitative estimate of drug-likeness (QED) is 0.816. The standard InChI is InChI=1S/C15H18N2O3S/c1-20-10-9-17-8-7-12(18)13(15(17)19)14(21)16-11-5-3-2-4-6-11/h2-6,18H,7-10H2,1H3,(H,16,21). The van der Waals surface area contributed by atoms with Crippen molar-refractivity contribution in [3.05, 3.63) is 41.7 Å². The molecule has 0 spiro atoms. The van der Waals surface area contributed by atoms with Gasteiger partial charge in [0.25, 0.3) is 5.91 Å². The van der Waals surface area contributed by atoms with Crippen LogP contribution >= 0.6 is 12.2 Å². The molecule has 1 aromatic carbocycles. The van der Waals surface area contributed by atoms with E-state index in [4.69, 9.17) is 17.0 Å². The first kappa shape index (κ1) is 15.5. The van der Waals surface area contributed by atoms with E-state index in [1.807, 2.05) is 30.3 Å². The topological polar surface area (TPSA) is 61.8 Å². The van der Waals surface area contributed by atoms with Gasteiger partial charge in [-0.05, 0) is 12.1 Å². The van der Waals surface area contributed by atoms with Gasteiger partial charge < -0.3 is 20.1 Å². The Morgan fingerprint density at radius 1 is 1.43 bits per heavy atom. The van der Waals surface area contributed by atoms with Gasteiger partial charge in [-0.3, -0.25) is 4.79 Å². The van der Waals surface area contributed by atoms with Crippen LogP contribution in [0.4, 0.5) is 5.69 Å². The predicted octanol–water partition coefficient (Wildman–Crippen LogP) is 2.12. The molecule has 1 heterocycles. The number of aliphatic hydroxyl groups excluding tert-OH is 1. The summed E-state index contributed by atoms with van der Waals surface area (Å²) in [6.07, 6.45) is 0.404. The van der Waals surface area contributed by atoms with Crippen LogP contribution in [0.5, 0.6) is 0 Å². The molecule has 0 saturated carbocycles. The van der Waals surface area contributed by atoms with Crippen molar-refractivity contribution in [1.29, 1.82) is 0 Å². The highest BCUT2D eigenvalue weighted by Crippen LogP contribution is 2.20. The Labute approximate surface area is 129 Å². The second-order valence-corrected chi connectivity index (χ2v) is 5.09. The zero-order valence-electron chi connectivity index (χ0n) is 11.8. The number of thiocarbonyl (C=S) groups is 1. The summed E-state index contributed by atoms with van der Waals surface area (Å²) >= 11 is 5.27. The lowest BCUT2D eigenvalue weighted by Crippen LogP contribution is -2.42. The van der Waals surface area contributed by atoms with Crippen LogP contribution in [0.1, 0.15) is 6.42 Å². The highest BCUT2D eigenvalue weighted by atomic mass is 32.1. The van der Waals surface area contributed by atoms with Gasteiger partial charge in [-0.25, -0.2) is 0 Å². The highest BCUT2D eigenvalue weighted by Gasteiger charge is 2.29. The number of benzene rings is 1. The van der Waals surface area contributed by atoms with Gasteiger partial charge in [0, 0.05) is 32.3 Å². The Balaban J connectivity index is 2.12. The van der Waals surface area contributed by atoms with E-state index in [2.05, 4.69) is 5.32 Å². The molecule has 0 aromatic heterocycles. The number of carbonyl (C=O) groups is 1. The van der Waals surface area contributed by atoms with Gasteiger partial charge in [-0.1, -0.05) is 30.4 Å². The number of hydrogen-bond acceptors (Lipinski definition) is 4. The van der Waals surface area contributed by atoms with E-state index in [0.29, 0.717) is 26.1 Å². The van der Waals surface area contributed by atoms with Gasteiger partial charge in [0.15, 0.2) is 0 Å². The summed E-state index contributed by atoms with van der Waals surface area (Å²) in [5.41, 5.74) is 0.959. The number of carbonyl (C=O) groups excluding carboxylic acids is 1. The van der Waals surface area contributed by atoms with Crippen LogP contribution in [-0.4, -0.2) is 47.7 Å². The molecule has 1 aromatic rings. The van der Waals surface area contributed by atoms with Crippen LogP contribution in [0.2, 0.25) is 0 Å². The smallest absolute Gasteiger partial charge is 0.260 e. The molecule has 2 N–H and O–H groups in total. The summed E-state index contributed by atoms with van der Waals surface area (Å²) in [5, 5.41) is 13.0. The third kappa shape index (κ3) is 3.80. The molecule has 0 atom stereocenters. The van der Waals surface area contributed by atoms with Crippen molar-refractivity contribution in [3.63, 3.8) is 0 Å². The SMILES string of the molecule is COCCN1CCC(O)=C(C(=S)Nc2ccccc2)C1=O. The fraction of sp³-hybridized carbons (Fsp3) is 0.333. The van der Waals surface area contributed by atoms with Gasteiger partial charge in [-0.15, -0.1) is 0 Å². The number of ether oxygens (including phenoxy) is 1. The number of amides is 1. The fourth-order valence-electron chi connectivity index (χ4n) is 2.11. The molecule has 5 nitrogen and oxygen atoms in total. The van der Waals surface area contributed by atoms with Crippen molar-refractivity contribution in [2.45, 2.75) is 6.42 Å². The Kier molecular flexibility index (Phi) is 5.30. The van der Waals surface area contributed by atoms with Crippen LogP contribution in [0.15, 0.2) is 41.7 Å². The average molecular weight is 306 g/mol. The molecule has 1 aliphatic rings. The summed E-state index contributed by atoms with van der Waals surface area (Å²) in [5.74, 6) is -0.216. The lowest BCUT2D eigenvalue weighted by atomic mass is 10.1. The monoisotopic (exact) mass is 306 g/mol. The molecule has 112 valence electrons. The van der Waals surface area contributed by atoms with Crippen LogP contribution in [0.25, 0.3) is 0 Å². The molecular formula is C15H18N2O3S. The largest absolute Gasteiger partial charge is 0.511 e. The number of methoxy groups -OCH3 is 1. The van der Waals surface area contributed by atoms with E-state index in [1.165, 1.54) is 0 Å². The first-order chi connectivity index (χ1) is 10.1. The number of nitrogens with one attached hydrogen (secondary N) is 1. The number of rotatable bonds is 5. The lowest BCUT2D eigenvalue weighted by molar-refractivity contribution is -0.128. The zero-order chi connectivity index (χ0) is 15.2. The summed E-state index contributed by atoms with van der Waals surface area (Å²) < 4.78 is 4.99. The summed E-state index contributed by atoms with van der Waals surface area (Å²) in [7, 11) is 1.59. The van der Waals surface area contributed by atoms with E-state index in [0.717, 1.165) is 5.69 Å². The maximum Gasteiger partial charge on any atom is 0.260 e. The first-order valence-corrected chi connectivity index (χ1v) is 7.11. The number of nitrogens with zero attached hydrogens (tertiary/aromatic N) is 1. The molecule has 1 aliphatic heterocycles. The predicted molar refractivity (Wildman–Crippen MR) is 85.4 cm³/mol. The van der Waals surface area contributed by atoms with E-state index in [9.17, 15) is 9.90 Å². The number of anilines is 1. The van der Waals surface area contributed by atoms with Gasteiger partial charge in [0.2, 0.25) is 0 Å². The zero-order valence-corrected chi connectivity index (χ0v) is 12.7. The normalized spacial score (nSPS) is 15.3. The van der Waals surface area contributed by atoms with Crippen LogP contribution in [0.3, 0.4) is 0 Å². The van der Waals surface area contributed by atoms with E-state index >= 15 is 0 Å². The molecular weight excluding hydrogens is 288 g/mol. The molecule has 1 amide bonds. The van der Waals surface area contributed by atoms with E-state index in [1.54, 1.807) is 12.0 Å². The van der Waals surface area contributed by atoms with Crippen molar-refractivity contribution >= 4 is 28.8 Å². The summed E-state index contributed by atoms with van der Waals surface area (Å²) in [6.45, 7) is 1.42. The third-order valence-corrected chi connectivity index (χ3v) is 3.54. The molecule has 0 saturated heterocycles. The maximum absolute atomic E-state index is 12.4. The maximum atomic E-state index is 12.4. The van der Waals surface area contributed by atoms with Crippen LogP contribution < -0.4 is 5.32 Å². The van der Waals surface area contributed by atoms with E-state index in [-0.39, 0.29) is 22.2 Å². The molecule has 0 fully saturated rings. The highest BCUT2D eigenvalue weighted by molar-refractivity contribution is 7.81. The van der Waals surface area contributed by atoms with Crippen molar-refractivity contribution in [3.8, 4) is 0 Å². The number of aliphatic hydroxyl groups is 1. The van der Waals surface area contributed by atoms with Crippen molar-refractivity contribution in [1.82, 2.24) is 4.90 Å².